The summed E-state index contributed by atoms with van der Waals surface area (Å²) in [5, 5.41) is 0. The van der Waals surface area contributed by atoms with Crippen molar-refractivity contribution in [1.82, 2.24) is 0 Å². The normalized spacial score (nSPS) is 12.5. The van der Waals surface area contributed by atoms with Gasteiger partial charge in [-0.25, -0.2) is 0 Å². The monoisotopic (exact) mass is 961 g/mol. The second-order valence-corrected chi connectivity index (χ2v) is 22.5. The first-order valence-electron chi connectivity index (χ1n) is 30.6. The van der Waals surface area contributed by atoms with Gasteiger partial charge in [-0.1, -0.05) is 305 Å². The van der Waals surface area contributed by atoms with Crippen LogP contribution >= 0.6 is 0 Å². The predicted molar refractivity (Wildman–Crippen MR) is 293 cm³/mol. The van der Waals surface area contributed by atoms with Crippen LogP contribution in [-0.4, -0.2) is 37.2 Å². The molecule has 1 unspecified atom stereocenters. The van der Waals surface area contributed by atoms with Gasteiger partial charge in [-0.05, 0) is 37.0 Å². The van der Waals surface area contributed by atoms with E-state index in [4.69, 9.17) is 14.2 Å². The number of carbonyl (C=O) groups is 3. The highest BCUT2D eigenvalue weighted by Gasteiger charge is 2.19. The van der Waals surface area contributed by atoms with Gasteiger partial charge in [0.15, 0.2) is 6.10 Å². The molecule has 0 amide bonds. The molecule has 0 spiro atoms. The SMILES string of the molecule is CCC(C)CCCCCCCCCCC(=O)OC[C@H](COC(=O)CCCCCCCCCCCCCCCCCCCCC(C)C)OC(=O)CCCCCCCCCCCCCCCCC(C)C. The Morgan fingerprint density at radius 3 is 0.765 bits per heavy atom. The van der Waals surface area contributed by atoms with E-state index >= 15 is 0 Å². The molecular weight excluding hydrogens is 841 g/mol. The molecule has 0 aromatic carbocycles. The van der Waals surface area contributed by atoms with Gasteiger partial charge in [-0.15, -0.1) is 0 Å². The number of unbranched alkanes of at least 4 members (excludes halogenated alkanes) is 37. The van der Waals surface area contributed by atoms with Crippen LogP contribution in [0, 0.1) is 17.8 Å². The van der Waals surface area contributed by atoms with Crippen molar-refractivity contribution in [3.63, 3.8) is 0 Å². The van der Waals surface area contributed by atoms with E-state index in [1.807, 2.05) is 0 Å². The fourth-order valence-electron chi connectivity index (χ4n) is 9.50. The van der Waals surface area contributed by atoms with Crippen LogP contribution in [0.2, 0.25) is 0 Å². The van der Waals surface area contributed by atoms with Gasteiger partial charge in [0, 0.05) is 19.3 Å². The van der Waals surface area contributed by atoms with E-state index in [0.29, 0.717) is 19.3 Å². The van der Waals surface area contributed by atoms with Gasteiger partial charge in [0.05, 0.1) is 0 Å². The maximum atomic E-state index is 12.9. The molecule has 0 radical (unpaired) electrons. The average Bonchev–Trinajstić information content (AvgIpc) is 3.31. The van der Waals surface area contributed by atoms with Crippen LogP contribution in [0.5, 0.6) is 0 Å². The summed E-state index contributed by atoms with van der Waals surface area (Å²) >= 11 is 0. The van der Waals surface area contributed by atoms with Crippen molar-refractivity contribution >= 4 is 17.9 Å². The summed E-state index contributed by atoms with van der Waals surface area (Å²) in [6.07, 6.45) is 56.7. The summed E-state index contributed by atoms with van der Waals surface area (Å²) in [5.74, 6) is 1.71. The van der Waals surface area contributed by atoms with Crippen molar-refractivity contribution in [3.8, 4) is 0 Å². The van der Waals surface area contributed by atoms with Gasteiger partial charge in [0.2, 0.25) is 0 Å². The zero-order valence-electron chi connectivity index (χ0n) is 46.9. The minimum Gasteiger partial charge on any atom is -0.462 e. The zero-order chi connectivity index (χ0) is 49.8. The number of carbonyl (C=O) groups excluding carboxylic acids is 3. The topological polar surface area (TPSA) is 78.9 Å². The van der Waals surface area contributed by atoms with Gasteiger partial charge in [0.1, 0.15) is 13.2 Å². The quantitative estimate of drug-likeness (QED) is 0.0343. The largest absolute Gasteiger partial charge is 0.462 e. The molecule has 0 saturated heterocycles. The van der Waals surface area contributed by atoms with E-state index in [0.717, 1.165) is 75.5 Å². The van der Waals surface area contributed by atoms with Gasteiger partial charge < -0.3 is 14.2 Å². The lowest BCUT2D eigenvalue weighted by molar-refractivity contribution is -0.167. The number of hydrogen-bond acceptors (Lipinski definition) is 6. The van der Waals surface area contributed by atoms with E-state index in [9.17, 15) is 14.4 Å². The van der Waals surface area contributed by atoms with Crippen molar-refractivity contribution < 1.29 is 28.6 Å². The zero-order valence-corrected chi connectivity index (χ0v) is 46.9. The Hall–Kier alpha value is -1.59. The summed E-state index contributed by atoms with van der Waals surface area (Å²) in [7, 11) is 0. The summed E-state index contributed by atoms with van der Waals surface area (Å²) in [6, 6.07) is 0. The van der Waals surface area contributed by atoms with Crippen LogP contribution in [0.1, 0.15) is 343 Å². The van der Waals surface area contributed by atoms with Crippen LogP contribution in [0.25, 0.3) is 0 Å². The fraction of sp³-hybridized carbons (Fsp3) is 0.952. The molecule has 6 heteroatoms. The third kappa shape index (κ3) is 53.8. The van der Waals surface area contributed by atoms with Crippen LogP contribution in [0.15, 0.2) is 0 Å². The summed E-state index contributed by atoms with van der Waals surface area (Å²) in [6.45, 7) is 13.8. The number of esters is 3. The van der Waals surface area contributed by atoms with Crippen molar-refractivity contribution in [2.75, 3.05) is 13.2 Å². The third-order valence-corrected chi connectivity index (χ3v) is 14.5. The third-order valence-electron chi connectivity index (χ3n) is 14.5. The standard InChI is InChI=1S/C62H120O6/c1-7-58(6)50-44-38-32-28-29-34-40-46-52-61(64)67-55-59(68-62(65)53-47-41-35-27-23-19-15-14-17-21-25-31-37-43-49-57(4)5)54-66-60(63)51-45-39-33-26-22-18-13-11-9-8-10-12-16-20-24-30-36-42-48-56(2)3/h56-59H,7-55H2,1-6H3/t58?,59-/m0/s1. The first kappa shape index (κ1) is 66.4. The van der Waals surface area contributed by atoms with Crippen molar-refractivity contribution in [2.45, 2.75) is 349 Å². The Labute approximate surface area is 425 Å². The smallest absolute Gasteiger partial charge is 0.306 e. The maximum Gasteiger partial charge on any atom is 0.306 e. The van der Waals surface area contributed by atoms with Crippen molar-refractivity contribution in [1.29, 1.82) is 0 Å². The molecule has 0 aliphatic carbocycles. The number of rotatable bonds is 55. The molecule has 0 rings (SSSR count). The van der Waals surface area contributed by atoms with E-state index in [1.165, 1.54) is 225 Å². The molecule has 68 heavy (non-hydrogen) atoms. The van der Waals surface area contributed by atoms with Crippen LogP contribution in [-0.2, 0) is 28.6 Å². The minimum atomic E-state index is -0.764. The predicted octanol–water partition coefficient (Wildman–Crippen LogP) is 20.3. The minimum absolute atomic E-state index is 0.0633. The number of ether oxygens (including phenoxy) is 3. The van der Waals surface area contributed by atoms with Crippen LogP contribution in [0.4, 0.5) is 0 Å². The molecule has 0 aromatic rings. The highest BCUT2D eigenvalue weighted by molar-refractivity contribution is 5.71. The first-order chi connectivity index (χ1) is 33.1. The van der Waals surface area contributed by atoms with Crippen molar-refractivity contribution in [2.24, 2.45) is 17.8 Å². The molecule has 404 valence electrons. The lowest BCUT2D eigenvalue weighted by atomic mass is 9.99. The molecule has 0 aliphatic heterocycles. The molecule has 0 fully saturated rings. The van der Waals surface area contributed by atoms with Crippen LogP contribution < -0.4 is 0 Å². The lowest BCUT2D eigenvalue weighted by Crippen LogP contribution is -2.30. The lowest BCUT2D eigenvalue weighted by Gasteiger charge is -2.18. The van der Waals surface area contributed by atoms with E-state index < -0.39 is 6.10 Å². The molecule has 0 heterocycles. The molecule has 0 bridgehead atoms. The second kappa shape index (κ2) is 53.2. The van der Waals surface area contributed by atoms with Gasteiger partial charge in [-0.3, -0.25) is 14.4 Å². The molecule has 0 saturated carbocycles. The Morgan fingerprint density at radius 2 is 0.515 bits per heavy atom. The maximum absolute atomic E-state index is 12.9. The summed E-state index contributed by atoms with van der Waals surface area (Å²) in [5.41, 5.74) is 0. The molecule has 0 N–H and O–H groups in total. The molecule has 6 nitrogen and oxygen atoms in total. The Bertz CT molecular complexity index is 1060. The summed E-state index contributed by atoms with van der Waals surface area (Å²) < 4.78 is 16.9. The highest BCUT2D eigenvalue weighted by Crippen LogP contribution is 2.19. The Morgan fingerprint density at radius 1 is 0.294 bits per heavy atom. The first-order valence-corrected chi connectivity index (χ1v) is 30.6. The van der Waals surface area contributed by atoms with Crippen LogP contribution in [0.3, 0.4) is 0 Å². The number of hydrogen-bond donors (Lipinski definition) is 0. The van der Waals surface area contributed by atoms with E-state index in [1.54, 1.807) is 0 Å². The second-order valence-electron chi connectivity index (χ2n) is 22.5. The molecule has 0 aromatic heterocycles. The fourth-order valence-corrected chi connectivity index (χ4v) is 9.50. The molecule has 2 atom stereocenters. The van der Waals surface area contributed by atoms with Gasteiger partial charge in [-0.2, -0.15) is 0 Å². The van der Waals surface area contributed by atoms with E-state index in [2.05, 4.69) is 41.5 Å². The Balaban J connectivity index is 4.25. The molecule has 0 aliphatic rings. The van der Waals surface area contributed by atoms with E-state index in [-0.39, 0.29) is 31.1 Å². The van der Waals surface area contributed by atoms with Gasteiger partial charge in [0.25, 0.3) is 0 Å². The molecular formula is C62H120O6. The Kier molecular flexibility index (Phi) is 52.0. The van der Waals surface area contributed by atoms with Crippen molar-refractivity contribution in [3.05, 3.63) is 0 Å². The summed E-state index contributed by atoms with van der Waals surface area (Å²) in [4.78, 5) is 38.2. The average molecular weight is 962 g/mol. The highest BCUT2D eigenvalue weighted by atomic mass is 16.6. The van der Waals surface area contributed by atoms with Gasteiger partial charge >= 0.3 is 17.9 Å².